The van der Waals surface area contributed by atoms with Gasteiger partial charge in [-0.3, -0.25) is 0 Å². The average Bonchev–Trinajstić information content (AvgIpc) is 2.96. The Balaban J connectivity index is 1.40. The molecule has 6 heteroatoms. The van der Waals surface area contributed by atoms with Crippen LogP contribution in [0.4, 0.5) is 0 Å². The van der Waals surface area contributed by atoms with Crippen LogP contribution < -0.4 is 30.2 Å². The van der Waals surface area contributed by atoms with Crippen molar-refractivity contribution in [2.75, 3.05) is 41.0 Å². The second kappa shape index (κ2) is 16.6. The third-order valence-corrected chi connectivity index (χ3v) is 6.65. The zero-order chi connectivity index (χ0) is 26.1. The number of nitrogens with one attached hydrogen (secondary N) is 3. The van der Waals surface area contributed by atoms with Crippen LogP contribution in [-0.2, 0) is 19.6 Å². The Kier molecular flexibility index (Phi) is 12.8. The van der Waals surface area contributed by atoms with Gasteiger partial charge in [-0.25, -0.2) is 0 Å². The molecule has 3 aromatic rings. The summed E-state index contributed by atoms with van der Waals surface area (Å²) >= 11 is 0. The molecule has 0 saturated carbocycles. The van der Waals surface area contributed by atoms with Crippen molar-refractivity contribution in [2.45, 2.75) is 38.9 Å². The van der Waals surface area contributed by atoms with E-state index >= 15 is 0 Å². The molecule has 0 radical (unpaired) electrons. The average molecular weight is 506 g/mol. The lowest BCUT2D eigenvalue weighted by Crippen LogP contribution is -2.24. The summed E-state index contributed by atoms with van der Waals surface area (Å²) in [5.41, 5.74) is 3.83. The molecule has 0 bridgehead atoms. The molecule has 0 aliphatic heterocycles. The summed E-state index contributed by atoms with van der Waals surface area (Å²) in [6, 6.07) is 24.8. The van der Waals surface area contributed by atoms with Gasteiger partial charge in [0.05, 0.1) is 21.3 Å². The Morgan fingerprint density at radius 1 is 0.459 bits per heavy atom. The summed E-state index contributed by atoms with van der Waals surface area (Å²) in [6.45, 7) is 5.65. The molecule has 0 unspecified atom stereocenters. The number of ether oxygens (including phenoxy) is 3. The maximum atomic E-state index is 5.25. The predicted molar refractivity (Wildman–Crippen MR) is 151 cm³/mol. The zero-order valence-electron chi connectivity index (χ0n) is 22.6. The van der Waals surface area contributed by atoms with Crippen molar-refractivity contribution in [3.63, 3.8) is 0 Å². The summed E-state index contributed by atoms with van der Waals surface area (Å²) in [5.74, 6) is 3.34. The molecule has 0 spiro atoms. The van der Waals surface area contributed by atoms with Gasteiger partial charge in [0.1, 0.15) is 17.2 Å². The van der Waals surface area contributed by atoms with Gasteiger partial charge in [0, 0.05) is 19.6 Å². The van der Waals surface area contributed by atoms with E-state index in [1.807, 2.05) is 36.4 Å². The van der Waals surface area contributed by atoms with Gasteiger partial charge < -0.3 is 30.2 Å². The first-order valence-electron chi connectivity index (χ1n) is 13.2. The molecule has 0 aromatic heterocycles. The molecular formula is C31H43N3O3. The fourth-order valence-corrected chi connectivity index (χ4v) is 4.28. The Morgan fingerprint density at radius 2 is 0.730 bits per heavy atom. The first-order chi connectivity index (χ1) is 18.2. The van der Waals surface area contributed by atoms with E-state index in [0.29, 0.717) is 5.92 Å². The van der Waals surface area contributed by atoms with E-state index in [-0.39, 0.29) is 0 Å². The van der Waals surface area contributed by atoms with Crippen LogP contribution in [0.15, 0.2) is 72.8 Å². The SMILES string of the molecule is COc1ccc(CNCCC(CCNCc2ccc(OC)cc2)CCNCc2ccc(OC)cc2)cc1. The second-order valence-corrected chi connectivity index (χ2v) is 9.31. The van der Waals surface area contributed by atoms with Crippen LogP contribution >= 0.6 is 0 Å². The first kappa shape index (κ1) is 28.5. The largest absolute Gasteiger partial charge is 0.497 e. The van der Waals surface area contributed by atoms with Gasteiger partial charge >= 0.3 is 0 Å². The van der Waals surface area contributed by atoms with E-state index in [1.165, 1.54) is 16.7 Å². The van der Waals surface area contributed by atoms with E-state index in [4.69, 9.17) is 14.2 Å². The Hall–Kier alpha value is -3.06. The van der Waals surface area contributed by atoms with Crippen molar-refractivity contribution in [3.05, 3.63) is 89.5 Å². The summed E-state index contributed by atoms with van der Waals surface area (Å²) in [6.07, 6.45) is 3.47. The molecule has 0 atom stereocenters. The topological polar surface area (TPSA) is 63.8 Å². The number of hydrogen-bond acceptors (Lipinski definition) is 6. The zero-order valence-corrected chi connectivity index (χ0v) is 22.6. The van der Waals surface area contributed by atoms with Crippen molar-refractivity contribution < 1.29 is 14.2 Å². The minimum absolute atomic E-state index is 0.648. The van der Waals surface area contributed by atoms with Gasteiger partial charge in [0.15, 0.2) is 0 Å². The van der Waals surface area contributed by atoms with Crippen LogP contribution in [-0.4, -0.2) is 41.0 Å². The lowest BCUT2D eigenvalue weighted by atomic mass is 9.97. The van der Waals surface area contributed by atoms with Crippen LogP contribution in [0.1, 0.15) is 36.0 Å². The molecule has 3 N–H and O–H groups in total. The lowest BCUT2D eigenvalue weighted by molar-refractivity contribution is 0.387. The molecule has 0 aliphatic carbocycles. The maximum absolute atomic E-state index is 5.25. The minimum Gasteiger partial charge on any atom is -0.497 e. The number of methoxy groups -OCH3 is 3. The molecule has 200 valence electrons. The normalized spacial score (nSPS) is 11.0. The molecule has 37 heavy (non-hydrogen) atoms. The van der Waals surface area contributed by atoms with Gasteiger partial charge in [-0.1, -0.05) is 36.4 Å². The molecule has 3 aromatic carbocycles. The quantitative estimate of drug-likeness (QED) is 0.207. The fourth-order valence-electron chi connectivity index (χ4n) is 4.28. The molecule has 0 fully saturated rings. The second-order valence-electron chi connectivity index (χ2n) is 9.31. The minimum atomic E-state index is 0.648. The van der Waals surface area contributed by atoms with Crippen molar-refractivity contribution in [1.82, 2.24) is 16.0 Å². The fraction of sp³-hybridized carbons (Fsp3) is 0.419. The maximum Gasteiger partial charge on any atom is 0.118 e. The Bertz CT molecular complexity index is 860. The molecular weight excluding hydrogens is 462 g/mol. The Labute approximate surface area is 222 Å². The highest BCUT2D eigenvalue weighted by molar-refractivity contribution is 5.28. The number of benzene rings is 3. The van der Waals surface area contributed by atoms with Crippen LogP contribution in [0.2, 0.25) is 0 Å². The summed E-state index contributed by atoms with van der Waals surface area (Å²) in [7, 11) is 5.10. The summed E-state index contributed by atoms with van der Waals surface area (Å²) in [4.78, 5) is 0. The van der Waals surface area contributed by atoms with E-state index in [1.54, 1.807) is 21.3 Å². The highest BCUT2D eigenvalue weighted by atomic mass is 16.5. The number of rotatable bonds is 18. The third kappa shape index (κ3) is 10.8. The molecule has 6 nitrogen and oxygen atoms in total. The van der Waals surface area contributed by atoms with Gasteiger partial charge in [-0.15, -0.1) is 0 Å². The lowest BCUT2D eigenvalue weighted by Gasteiger charge is -2.18. The van der Waals surface area contributed by atoms with Crippen LogP contribution in [0.5, 0.6) is 17.2 Å². The predicted octanol–water partition coefficient (Wildman–Crippen LogP) is 5.17. The summed E-state index contributed by atoms with van der Waals surface area (Å²) in [5, 5.41) is 10.9. The standard InChI is InChI=1S/C31H43N3O3/c1-35-29-10-4-26(5-11-29)22-32-19-16-25(17-20-33-23-27-6-12-30(36-2)13-7-27)18-21-34-24-28-8-14-31(37-3)15-9-28/h4-15,25,32-34H,16-24H2,1-3H3. The molecule has 0 saturated heterocycles. The number of hydrogen-bond donors (Lipinski definition) is 3. The van der Waals surface area contributed by atoms with Crippen molar-refractivity contribution in [3.8, 4) is 17.2 Å². The van der Waals surface area contributed by atoms with Gasteiger partial charge in [0.2, 0.25) is 0 Å². The van der Waals surface area contributed by atoms with Crippen LogP contribution in [0, 0.1) is 5.92 Å². The highest BCUT2D eigenvalue weighted by Gasteiger charge is 2.09. The molecule has 0 aliphatic rings. The van der Waals surface area contributed by atoms with Gasteiger partial charge in [0.25, 0.3) is 0 Å². The van der Waals surface area contributed by atoms with E-state index in [9.17, 15) is 0 Å². The van der Waals surface area contributed by atoms with Crippen LogP contribution in [0.3, 0.4) is 0 Å². The highest BCUT2D eigenvalue weighted by Crippen LogP contribution is 2.15. The van der Waals surface area contributed by atoms with Crippen molar-refractivity contribution in [2.24, 2.45) is 5.92 Å². The molecule has 0 amide bonds. The Morgan fingerprint density at radius 3 is 0.973 bits per heavy atom. The van der Waals surface area contributed by atoms with Crippen molar-refractivity contribution in [1.29, 1.82) is 0 Å². The van der Waals surface area contributed by atoms with E-state index in [0.717, 1.165) is 75.8 Å². The van der Waals surface area contributed by atoms with Gasteiger partial charge in [-0.2, -0.15) is 0 Å². The van der Waals surface area contributed by atoms with Crippen LogP contribution in [0.25, 0.3) is 0 Å². The monoisotopic (exact) mass is 505 g/mol. The molecule has 0 heterocycles. The smallest absolute Gasteiger partial charge is 0.118 e. The third-order valence-electron chi connectivity index (χ3n) is 6.65. The van der Waals surface area contributed by atoms with E-state index in [2.05, 4.69) is 52.3 Å². The molecule has 3 rings (SSSR count). The summed E-state index contributed by atoms with van der Waals surface area (Å²) < 4.78 is 15.8. The van der Waals surface area contributed by atoms with Crippen molar-refractivity contribution >= 4 is 0 Å². The van der Waals surface area contributed by atoms with Gasteiger partial charge in [-0.05, 0) is 97.9 Å². The van der Waals surface area contributed by atoms with E-state index < -0.39 is 0 Å². The first-order valence-corrected chi connectivity index (χ1v) is 13.2.